The molecule has 0 aliphatic carbocycles. The van der Waals surface area contributed by atoms with Crippen LogP contribution in [0.3, 0.4) is 0 Å². The van der Waals surface area contributed by atoms with Gasteiger partial charge in [0.25, 0.3) is 0 Å². The van der Waals surface area contributed by atoms with Gasteiger partial charge in [-0.25, -0.2) is 0 Å². The van der Waals surface area contributed by atoms with Gasteiger partial charge >= 0.3 is 23.1 Å². The number of aliphatic carboxylic acids is 2. The fraction of sp³-hybridized carbons (Fsp3) is 0.778. The molecule has 0 spiro atoms. The second kappa shape index (κ2) is 4.98. The minimum Gasteiger partial charge on any atom is -0.549 e. The van der Waals surface area contributed by atoms with Crippen molar-refractivity contribution in [3.63, 3.8) is 0 Å². The zero-order valence-corrected chi connectivity index (χ0v) is 10.5. The van der Waals surface area contributed by atoms with Crippen molar-refractivity contribution >= 4 is 35.0 Å². The SMILES string of the molecule is CCC(C(=O)[O-])(C(=O)[O-])C(C)(C)C.[Mg+2]. The van der Waals surface area contributed by atoms with E-state index in [-0.39, 0.29) is 29.5 Å². The second-order valence-corrected chi connectivity index (χ2v) is 4.08. The van der Waals surface area contributed by atoms with Gasteiger partial charge in [0.05, 0.1) is 17.4 Å². The fourth-order valence-electron chi connectivity index (χ4n) is 1.51. The van der Waals surface area contributed by atoms with E-state index in [1.165, 1.54) is 6.92 Å². The number of hydrogen-bond acceptors (Lipinski definition) is 4. The Hall–Kier alpha value is -0.294. The molecule has 0 aliphatic heterocycles. The van der Waals surface area contributed by atoms with E-state index in [1.807, 2.05) is 0 Å². The van der Waals surface area contributed by atoms with Crippen LogP contribution in [0.4, 0.5) is 0 Å². The molecule has 0 aliphatic rings. The molecule has 0 aromatic rings. The summed E-state index contributed by atoms with van der Waals surface area (Å²) in [5.41, 5.74) is -2.83. The summed E-state index contributed by atoms with van der Waals surface area (Å²) < 4.78 is 0. The summed E-state index contributed by atoms with van der Waals surface area (Å²) >= 11 is 0. The monoisotopic (exact) mass is 210 g/mol. The van der Waals surface area contributed by atoms with E-state index in [2.05, 4.69) is 0 Å². The molecule has 4 nitrogen and oxygen atoms in total. The molecule has 0 heterocycles. The van der Waals surface area contributed by atoms with Gasteiger partial charge in [0, 0.05) is 0 Å². The predicted octanol–water partition coefficient (Wildman–Crippen LogP) is -1.45. The van der Waals surface area contributed by atoms with Gasteiger partial charge in [-0.2, -0.15) is 0 Å². The van der Waals surface area contributed by atoms with Crippen LogP contribution in [0, 0.1) is 10.8 Å². The van der Waals surface area contributed by atoms with Gasteiger partial charge in [-0.05, 0) is 11.8 Å². The van der Waals surface area contributed by atoms with Crippen LogP contribution in [0.5, 0.6) is 0 Å². The Kier molecular flexibility index (Phi) is 5.74. The summed E-state index contributed by atoms with van der Waals surface area (Å²) in [5, 5.41) is 21.6. The normalized spacial score (nSPS) is 11.7. The van der Waals surface area contributed by atoms with Gasteiger partial charge in [-0.3, -0.25) is 0 Å². The van der Waals surface area contributed by atoms with Crippen molar-refractivity contribution in [1.82, 2.24) is 0 Å². The van der Waals surface area contributed by atoms with Gasteiger partial charge in [0.2, 0.25) is 0 Å². The van der Waals surface area contributed by atoms with Crippen LogP contribution < -0.4 is 10.2 Å². The molecule has 14 heavy (non-hydrogen) atoms. The molecule has 0 N–H and O–H groups in total. The maximum atomic E-state index is 10.8. The van der Waals surface area contributed by atoms with Crippen molar-refractivity contribution in [3.05, 3.63) is 0 Å². The minimum atomic E-state index is -1.91. The van der Waals surface area contributed by atoms with Crippen molar-refractivity contribution in [3.8, 4) is 0 Å². The minimum absolute atomic E-state index is 0. The molecule has 0 radical (unpaired) electrons. The molecule has 0 saturated carbocycles. The smallest absolute Gasteiger partial charge is 0.549 e. The van der Waals surface area contributed by atoms with Crippen LogP contribution in [0.15, 0.2) is 0 Å². The van der Waals surface area contributed by atoms with Gasteiger partial charge in [-0.15, -0.1) is 0 Å². The molecule has 0 unspecified atom stereocenters. The fourth-order valence-corrected chi connectivity index (χ4v) is 1.51. The Labute approximate surface area is 99.8 Å². The second-order valence-electron chi connectivity index (χ2n) is 4.08. The van der Waals surface area contributed by atoms with Crippen LogP contribution in [0.2, 0.25) is 0 Å². The van der Waals surface area contributed by atoms with Crippen molar-refractivity contribution in [2.75, 3.05) is 0 Å². The third-order valence-electron chi connectivity index (χ3n) is 2.51. The van der Waals surface area contributed by atoms with Crippen LogP contribution in [0.25, 0.3) is 0 Å². The molecular formula is C9H14MgO4. The topological polar surface area (TPSA) is 80.3 Å². The standard InChI is InChI=1S/C9H16O4.Mg/c1-5-9(6(10)11,7(12)13)8(2,3)4;/h5H2,1-4H3,(H,10,11)(H,12,13);/q;+2/p-2. The van der Waals surface area contributed by atoms with Gasteiger partial charge in [-0.1, -0.05) is 27.7 Å². The molecular weight excluding hydrogens is 196 g/mol. The Bertz CT molecular complexity index is 215. The number of rotatable bonds is 3. The van der Waals surface area contributed by atoms with Crippen LogP contribution >= 0.6 is 0 Å². The molecule has 0 amide bonds. The summed E-state index contributed by atoms with van der Waals surface area (Å²) in [4.78, 5) is 21.6. The van der Waals surface area contributed by atoms with Crippen LogP contribution in [0.1, 0.15) is 34.1 Å². The maximum Gasteiger partial charge on any atom is 2.00 e. The summed E-state index contributed by atoms with van der Waals surface area (Å²) in [7, 11) is 0. The number of carbonyl (C=O) groups is 2. The number of carboxylic acids is 2. The summed E-state index contributed by atoms with van der Waals surface area (Å²) in [6.07, 6.45) is -0.0405. The van der Waals surface area contributed by atoms with Gasteiger partial charge in [0.1, 0.15) is 0 Å². The first kappa shape index (κ1) is 16.1. The van der Waals surface area contributed by atoms with Crippen molar-refractivity contribution in [2.45, 2.75) is 34.1 Å². The van der Waals surface area contributed by atoms with E-state index in [9.17, 15) is 19.8 Å². The van der Waals surface area contributed by atoms with Gasteiger partial charge < -0.3 is 19.8 Å². The Morgan fingerprint density at radius 2 is 1.36 bits per heavy atom. The first-order valence-corrected chi connectivity index (χ1v) is 4.13. The molecule has 76 valence electrons. The molecule has 0 bridgehead atoms. The molecule has 0 fully saturated rings. The quantitative estimate of drug-likeness (QED) is 0.422. The zero-order valence-electron chi connectivity index (χ0n) is 9.05. The number of carbonyl (C=O) groups excluding carboxylic acids is 2. The zero-order chi connectivity index (χ0) is 10.9. The summed E-state index contributed by atoms with van der Waals surface area (Å²) in [6.45, 7) is 6.13. The first-order valence-electron chi connectivity index (χ1n) is 4.13. The van der Waals surface area contributed by atoms with E-state index in [0.29, 0.717) is 0 Å². The van der Waals surface area contributed by atoms with Crippen LogP contribution in [-0.2, 0) is 9.59 Å². The number of carboxylic acid groups (broad SMARTS) is 2. The average Bonchev–Trinajstić information content (AvgIpc) is 1.83. The average molecular weight is 211 g/mol. The number of hydrogen-bond donors (Lipinski definition) is 0. The van der Waals surface area contributed by atoms with E-state index in [0.717, 1.165) is 0 Å². The molecule has 0 rings (SSSR count). The van der Waals surface area contributed by atoms with E-state index >= 15 is 0 Å². The first-order chi connectivity index (χ1) is 5.70. The Morgan fingerprint density at radius 1 is 1.07 bits per heavy atom. The third-order valence-corrected chi connectivity index (χ3v) is 2.51. The van der Waals surface area contributed by atoms with E-state index in [1.54, 1.807) is 20.8 Å². The van der Waals surface area contributed by atoms with Crippen molar-refractivity contribution < 1.29 is 19.8 Å². The molecule has 0 atom stereocenters. The largest absolute Gasteiger partial charge is 2.00 e. The molecule has 5 heteroatoms. The molecule has 0 saturated heterocycles. The maximum absolute atomic E-state index is 10.8. The van der Waals surface area contributed by atoms with E-state index < -0.39 is 22.8 Å². The van der Waals surface area contributed by atoms with Crippen LogP contribution in [-0.4, -0.2) is 35.0 Å². The summed E-state index contributed by atoms with van der Waals surface area (Å²) in [5.74, 6) is -3.16. The molecule has 0 aromatic carbocycles. The van der Waals surface area contributed by atoms with E-state index in [4.69, 9.17) is 0 Å². The third kappa shape index (κ3) is 2.39. The Morgan fingerprint density at radius 3 is 1.36 bits per heavy atom. The summed E-state index contributed by atoms with van der Waals surface area (Å²) in [6, 6.07) is 0. The van der Waals surface area contributed by atoms with Crippen molar-refractivity contribution in [2.24, 2.45) is 10.8 Å². The van der Waals surface area contributed by atoms with Gasteiger partial charge in [0.15, 0.2) is 0 Å². The Balaban J connectivity index is 0. The predicted molar refractivity (Wildman–Crippen MR) is 47.9 cm³/mol. The molecule has 0 aromatic heterocycles. The van der Waals surface area contributed by atoms with Crippen molar-refractivity contribution in [1.29, 1.82) is 0 Å².